The van der Waals surface area contributed by atoms with Crippen molar-refractivity contribution in [3.05, 3.63) is 30.0 Å². The minimum Gasteiger partial charge on any atom is -0.497 e. The van der Waals surface area contributed by atoms with Crippen molar-refractivity contribution in [2.75, 3.05) is 32.0 Å². The molecule has 1 rings (SSSR count). The Kier molecular flexibility index (Phi) is 6.92. The molecule has 6 nitrogen and oxygen atoms in total. The summed E-state index contributed by atoms with van der Waals surface area (Å²) < 4.78 is 10.3. The summed E-state index contributed by atoms with van der Waals surface area (Å²) in [6.07, 6.45) is 1.31. The van der Waals surface area contributed by atoms with Crippen molar-refractivity contribution in [3.8, 4) is 17.6 Å². The van der Waals surface area contributed by atoms with Crippen LogP contribution in [0.1, 0.15) is 0 Å². The number of anilines is 1. The molecule has 0 aliphatic carbocycles. The number of ether oxygens (including phenoxy) is 2. The molecule has 0 atom stereocenters. The van der Waals surface area contributed by atoms with E-state index in [0.717, 1.165) is 0 Å². The molecule has 0 unspecified atom stereocenters. The summed E-state index contributed by atoms with van der Waals surface area (Å²) in [5.74, 6) is 0.966. The van der Waals surface area contributed by atoms with Gasteiger partial charge in [0.25, 0.3) is 5.91 Å². The monoisotopic (exact) mass is 309 g/mol. The summed E-state index contributed by atoms with van der Waals surface area (Å²) in [6, 6.07) is 6.97. The third kappa shape index (κ3) is 4.89. The molecule has 2 N–H and O–H groups in total. The average molecular weight is 310 g/mol. The van der Waals surface area contributed by atoms with Crippen LogP contribution in [0.5, 0.6) is 11.5 Å². The molecule has 0 aliphatic rings. The number of alkyl halides is 1. The van der Waals surface area contributed by atoms with E-state index in [1.807, 2.05) is 6.07 Å². The fraction of sp³-hybridized carbons (Fsp3) is 0.286. The van der Waals surface area contributed by atoms with E-state index in [4.69, 9.17) is 26.3 Å². The van der Waals surface area contributed by atoms with E-state index in [0.29, 0.717) is 23.7 Å². The molecule has 0 saturated heterocycles. The molecule has 0 fully saturated rings. The Morgan fingerprint density at radius 1 is 1.43 bits per heavy atom. The van der Waals surface area contributed by atoms with Gasteiger partial charge in [-0.05, 0) is 12.1 Å². The van der Waals surface area contributed by atoms with Crippen LogP contribution >= 0.6 is 11.6 Å². The number of methoxy groups -OCH3 is 2. The van der Waals surface area contributed by atoms with Crippen LogP contribution in [0.2, 0.25) is 0 Å². The molecule has 112 valence electrons. The second kappa shape index (κ2) is 8.72. The molecule has 1 aromatic carbocycles. The van der Waals surface area contributed by atoms with Gasteiger partial charge in [-0.1, -0.05) is 0 Å². The molecule has 0 aliphatic heterocycles. The van der Waals surface area contributed by atoms with Crippen molar-refractivity contribution < 1.29 is 14.3 Å². The van der Waals surface area contributed by atoms with E-state index in [9.17, 15) is 4.79 Å². The van der Waals surface area contributed by atoms with Gasteiger partial charge in [0.1, 0.15) is 23.1 Å². The fourth-order valence-corrected chi connectivity index (χ4v) is 1.57. The Balaban J connectivity index is 2.87. The van der Waals surface area contributed by atoms with Crippen molar-refractivity contribution in [3.63, 3.8) is 0 Å². The molecule has 0 saturated carbocycles. The Morgan fingerprint density at radius 2 is 2.19 bits per heavy atom. The second-order valence-electron chi connectivity index (χ2n) is 3.83. The number of nitriles is 1. The number of carbonyl (C=O) groups is 1. The molecule has 0 aromatic heterocycles. The minimum atomic E-state index is -0.488. The third-order valence-electron chi connectivity index (χ3n) is 2.53. The highest BCUT2D eigenvalue weighted by Crippen LogP contribution is 2.29. The van der Waals surface area contributed by atoms with Crippen molar-refractivity contribution in [2.24, 2.45) is 0 Å². The number of nitrogens with zero attached hydrogens (tertiary/aromatic N) is 1. The van der Waals surface area contributed by atoms with Crippen molar-refractivity contribution in [1.29, 1.82) is 5.26 Å². The van der Waals surface area contributed by atoms with Gasteiger partial charge in [-0.25, -0.2) is 0 Å². The predicted molar refractivity (Wildman–Crippen MR) is 80.6 cm³/mol. The van der Waals surface area contributed by atoms with Gasteiger partial charge in [0, 0.05) is 24.7 Å². The number of halogens is 1. The van der Waals surface area contributed by atoms with Crippen LogP contribution in [0, 0.1) is 11.3 Å². The van der Waals surface area contributed by atoms with Gasteiger partial charge in [0.15, 0.2) is 0 Å². The molecule has 1 amide bonds. The van der Waals surface area contributed by atoms with E-state index in [2.05, 4.69) is 10.6 Å². The van der Waals surface area contributed by atoms with E-state index >= 15 is 0 Å². The minimum absolute atomic E-state index is 0.0574. The maximum Gasteiger partial charge on any atom is 0.263 e. The Bertz CT molecular complexity index is 567. The molecule has 0 spiro atoms. The Hall–Kier alpha value is -2.39. The lowest BCUT2D eigenvalue weighted by molar-refractivity contribution is -0.117. The van der Waals surface area contributed by atoms with Gasteiger partial charge in [-0.2, -0.15) is 5.26 Å². The van der Waals surface area contributed by atoms with Crippen LogP contribution in [0.3, 0.4) is 0 Å². The van der Waals surface area contributed by atoms with Crippen LogP contribution in [-0.4, -0.2) is 32.6 Å². The first-order valence-corrected chi connectivity index (χ1v) is 6.62. The van der Waals surface area contributed by atoms with Crippen LogP contribution in [0.25, 0.3) is 0 Å². The number of amides is 1. The zero-order valence-electron chi connectivity index (χ0n) is 11.8. The summed E-state index contributed by atoms with van der Waals surface area (Å²) >= 11 is 5.47. The van der Waals surface area contributed by atoms with E-state index in [1.165, 1.54) is 13.3 Å². The number of benzene rings is 1. The lowest BCUT2D eigenvalue weighted by atomic mass is 10.2. The topological polar surface area (TPSA) is 83.4 Å². The maximum absolute atomic E-state index is 11.7. The standard InChI is InChI=1S/C14H16ClN3O3/c1-20-11-3-4-12(13(7-11)21-2)18-9-10(8-16)14(19)17-6-5-15/h3-4,7,9,18H,5-6H2,1-2H3,(H,17,19)/b10-9-. The van der Waals surface area contributed by atoms with Gasteiger partial charge in [0.05, 0.1) is 19.9 Å². The first-order chi connectivity index (χ1) is 10.2. The Morgan fingerprint density at radius 3 is 2.76 bits per heavy atom. The SMILES string of the molecule is COc1ccc(N/C=C(/C#N)C(=O)NCCCl)c(OC)c1. The zero-order valence-corrected chi connectivity index (χ0v) is 12.5. The maximum atomic E-state index is 11.7. The predicted octanol–water partition coefficient (Wildman–Crippen LogP) is 1.88. The Labute approximate surface area is 128 Å². The first-order valence-electron chi connectivity index (χ1n) is 6.09. The highest BCUT2D eigenvalue weighted by molar-refractivity contribution is 6.18. The highest BCUT2D eigenvalue weighted by atomic mass is 35.5. The van der Waals surface area contributed by atoms with Crippen molar-refractivity contribution in [1.82, 2.24) is 5.32 Å². The number of rotatable bonds is 7. The number of hydrogen-bond acceptors (Lipinski definition) is 5. The molecule has 7 heteroatoms. The summed E-state index contributed by atoms with van der Waals surface area (Å²) in [6.45, 7) is 0.297. The summed E-state index contributed by atoms with van der Waals surface area (Å²) in [4.78, 5) is 11.7. The number of hydrogen-bond donors (Lipinski definition) is 2. The molecule has 0 heterocycles. The quantitative estimate of drug-likeness (QED) is 0.456. The first kappa shape index (κ1) is 16.7. The van der Waals surface area contributed by atoms with Crippen molar-refractivity contribution in [2.45, 2.75) is 0 Å². The van der Waals surface area contributed by atoms with Crippen LogP contribution in [0.15, 0.2) is 30.0 Å². The lowest BCUT2D eigenvalue weighted by Crippen LogP contribution is -2.26. The van der Waals surface area contributed by atoms with Gasteiger partial charge < -0.3 is 20.1 Å². The number of carbonyl (C=O) groups excluding carboxylic acids is 1. The van der Waals surface area contributed by atoms with E-state index in [1.54, 1.807) is 25.3 Å². The van der Waals surface area contributed by atoms with E-state index < -0.39 is 5.91 Å². The van der Waals surface area contributed by atoms with Gasteiger partial charge >= 0.3 is 0 Å². The molecule has 0 radical (unpaired) electrons. The lowest BCUT2D eigenvalue weighted by Gasteiger charge is -2.10. The summed E-state index contributed by atoms with van der Waals surface area (Å²) in [7, 11) is 3.07. The molecule has 0 bridgehead atoms. The van der Waals surface area contributed by atoms with Gasteiger partial charge in [0.2, 0.25) is 0 Å². The average Bonchev–Trinajstić information content (AvgIpc) is 2.53. The zero-order chi connectivity index (χ0) is 15.7. The summed E-state index contributed by atoms with van der Waals surface area (Å²) in [5.41, 5.74) is 0.550. The van der Waals surface area contributed by atoms with E-state index in [-0.39, 0.29) is 11.5 Å². The number of nitrogens with one attached hydrogen (secondary N) is 2. The molecule has 1 aromatic rings. The molecule has 21 heavy (non-hydrogen) atoms. The van der Waals surface area contributed by atoms with Crippen LogP contribution < -0.4 is 20.1 Å². The van der Waals surface area contributed by atoms with Crippen LogP contribution in [0.4, 0.5) is 5.69 Å². The molecular weight excluding hydrogens is 294 g/mol. The van der Waals surface area contributed by atoms with Gasteiger partial charge in [-0.15, -0.1) is 11.6 Å². The van der Waals surface area contributed by atoms with Crippen molar-refractivity contribution >= 4 is 23.2 Å². The fourth-order valence-electron chi connectivity index (χ4n) is 1.47. The summed E-state index contributed by atoms with van der Waals surface area (Å²) in [5, 5.41) is 14.4. The normalized spacial score (nSPS) is 10.5. The smallest absolute Gasteiger partial charge is 0.263 e. The molecular formula is C14H16ClN3O3. The highest BCUT2D eigenvalue weighted by Gasteiger charge is 2.09. The largest absolute Gasteiger partial charge is 0.497 e. The third-order valence-corrected chi connectivity index (χ3v) is 2.71. The second-order valence-corrected chi connectivity index (χ2v) is 4.20. The van der Waals surface area contributed by atoms with Crippen LogP contribution in [-0.2, 0) is 4.79 Å². The van der Waals surface area contributed by atoms with Gasteiger partial charge in [-0.3, -0.25) is 4.79 Å².